The van der Waals surface area contributed by atoms with Gasteiger partial charge >= 0.3 is 12.4 Å². The number of imidazole rings is 1. The first kappa shape index (κ1) is 39.9. The molecular weight excluding hydrogens is 665 g/mol. The van der Waals surface area contributed by atoms with Gasteiger partial charge in [-0.05, 0) is 77.1 Å². The van der Waals surface area contributed by atoms with E-state index in [1.54, 1.807) is 25.3 Å². The fraction of sp³-hybridized carbons (Fsp3) is 0.774. The minimum atomic E-state index is -4.65. The van der Waals surface area contributed by atoms with Crippen molar-refractivity contribution in [2.75, 3.05) is 19.8 Å². The number of nitrogens with two attached hydrogens (primary N) is 1. The van der Waals surface area contributed by atoms with E-state index in [1.807, 2.05) is 18.2 Å². The molecule has 1 aliphatic carbocycles. The number of alkyl halides is 6. The summed E-state index contributed by atoms with van der Waals surface area (Å²) in [6, 6.07) is 4.06. The zero-order valence-electron chi connectivity index (χ0n) is 28.6. The molecule has 0 aliphatic heterocycles. The van der Waals surface area contributed by atoms with Crippen LogP contribution in [-0.4, -0.2) is 70.3 Å². The number of hydrogen-bond acceptors (Lipinski definition) is 6. The van der Waals surface area contributed by atoms with Crippen molar-refractivity contribution in [1.82, 2.24) is 19.6 Å². The molecule has 4 atom stereocenters. The molecule has 16 heteroatoms. The fourth-order valence-corrected chi connectivity index (χ4v) is 6.31. The molecule has 1 fully saturated rings. The van der Waals surface area contributed by atoms with Gasteiger partial charge in [0.2, 0.25) is 0 Å². The van der Waals surface area contributed by atoms with Gasteiger partial charge in [0.15, 0.2) is 5.60 Å². The summed E-state index contributed by atoms with van der Waals surface area (Å²) in [5.74, 6) is 0.516. The first-order valence-electron chi connectivity index (χ1n) is 15.9. The van der Waals surface area contributed by atoms with Gasteiger partial charge in [0.1, 0.15) is 18.6 Å². The highest BCUT2D eigenvalue weighted by Gasteiger charge is 2.49. The Morgan fingerprint density at radius 3 is 2.26 bits per heavy atom. The van der Waals surface area contributed by atoms with E-state index in [1.165, 1.54) is 0 Å². The predicted octanol–water partition coefficient (Wildman–Crippen LogP) is 7.12. The van der Waals surface area contributed by atoms with E-state index in [0.717, 1.165) is 38.3 Å². The number of nitrogens with zero attached hydrogens (tertiary/aromatic N) is 2. The zero-order chi connectivity index (χ0) is 35.6. The number of halogens is 6. The van der Waals surface area contributed by atoms with Crippen molar-refractivity contribution in [3.8, 4) is 0 Å². The highest BCUT2D eigenvalue weighted by molar-refractivity contribution is 7.84. The normalized spacial score (nSPS) is 18.0. The monoisotopic (exact) mass is 715 g/mol. The van der Waals surface area contributed by atoms with E-state index in [0.29, 0.717) is 23.5 Å². The van der Waals surface area contributed by atoms with Crippen LogP contribution in [0.5, 0.6) is 0 Å². The predicted molar refractivity (Wildman–Crippen MR) is 176 cm³/mol. The second-order valence-corrected chi connectivity index (χ2v) is 22.8. The van der Waals surface area contributed by atoms with Crippen LogP contribution in [0.25, 0.3) is 11.0 Å². The topological polar surface area (TPSA) is 103 Å². The van der Waals surface area contributed by atoms with Gasteiger partial charge in [0.05, 0.1) is 39.8 Å². The maximum atomic E-state index is 13.8. The third-order valence-corrected chi connectivity index (χ3v) is 11.3. The van der Waals surface area contributed by atoms with Gasteiger partial charge in [-0.25, -0.2) is 13.9 Å². The highest BCUT2D eigenvalue weighted by Crippen LogP contribution is 2.42. The van der Waals surface area contributed by atoms with Crippen molar-refractivity contribution < 1.29 is 40.0 Å². The van der Waals surface area contributed by atoms with Crippen LogP contribution in [-0.2, 0) is 27.2 Å². The van der Waals surface area contributed by atoms with Crippen LogP contribution >= 0.6 is 0 Å². The summed E-state index contributed by atoms with van der Waals surface area (Å²) >= 11 is 0. The number of ether oxygens (including phenoxy) is 2. The van der Waals surface area contributed by atoms with E-state index >= 15 is 0 Å². The zero-order valence-corrected chi connectivity index (χ0v) is 30.4. The molecule has 0 saturated heterocycles. The first-order valence-corrected chi connectivity index (χ1v) is 20.8. The van der Waals surface area contributed by atoms with Crippen LogP contribution in [0.1, 0.15) is 77.4 Å². The first-order chi connectivity index (χ1) is 21.4. The number of rotatable bonds is 17. The molecule has 1 aromatic carbocycles. The standard InChI is InChI=1S/C31H51F6N5O3SSi/c1-28(2,3)46(43)41-24(18-45-29(4,5)31(35,36)37)27-40-23-15-21(11-12-25(23)42(27)19-44-13-14-47(6,7)8)26(20-9-10-20)39-17-22(38)16-30(32,33)34/h11-12,15,20,22,24,26,39,41H,9-10,13-14,16-19,38H2,1-8H3/t22-,24+,26-,46-/m1/s1. The largest absolute Gasteiger partial charge is 0.416 e. The van der Waals surface area contributed by atoms with Crippen molar-refractivity contribution in [1.29, 1.82) is 0 Å². The summed E-state index contributed by atoms with van der Waals surface area (Å²) in [6.45, 7) is 13.8. The lowest BCUT2D eigenvalue weighted by atomic mass is 10.0. The quantitative estimate of drug-likeness (QED) is 0.0917. The molecule has 0 spiro atoms. The third kappa shape index (κ3) is 12.1. The maximum absolute atomic E-state index is 13.8. The van der Waals surface area contributed by atoms with E-state index in [4.69, 9.17) is 20.2 Å². The smallest absolute Gasteiger partial charge is 0.364 e. The van der Waals surface area contributed by atoms with E-state index in [9.17, 15) is 30.6 Å². The van der Waals surface area contributed by atoms with Gasteiger partial charge in [0.25, 0.3) is 0 Å². The number of benzene rings is 1. The molecule has 270 valence electrons. The Hall–Kier alpha value is -1.56. The molecular formula is C31H51F6N5O3SSi. The van der Waals surface area contributed by atoms with Crippen molar-refractivity contribution in [2.45, 2.75) is 127 Å². The van der Waals surface area contributed by atoms with Crippen molar-refractivity contribution in [2.24, 2.45) is 11.7 Å². The van der Waals surface area contributed by atoms with Crippen LogP contribution < -0.4 is 15.8 Å². The molecule has 2 aromatic rings. The summed E-state index contributed by atoms with van der Waals surface area (Å²) in [5, 5.41) is 3.22. The van der Waals surface area contributed by atoms with E-state index < -0.39 is 66.9 Å². The second-order valence-electron chi connectivity index (χ2n) is 15.2. The van der Waals surface area contributed by atoms with Gasteiger partial charge in [-0.15, -0.1) is 0 Å². The lowest BCUT2D eigenvalue weighted by Crippen LogP contribution is -2.45. The minimum absolute atomic E-state index is 0.0275. The molecule has 1 aromatic heterocycles. The Morgan fingerprint density at radius 1 is 1.09 bits per heavy atom. The minimum Gasteiger partial charge on any atom is -0.364 e. The molecule has 0 radical (unpaired) electrons. The average molecular weight is 716 g/mol. The van der Waals surface area contributed by atoms with Crippen molar-refractivity contribution >= 4 is 30.1 Å². The number of aromatic nitrogens is 2. The van der Waals surface area contributed by atoms with Crippen LogP contribution in [0.2, 0.25) is 25.7 Å². The Kier molecular flexibility index (Phi) is 12.8. The second kappa shape index (κ2) is 15.1. The molecule has 1 aliphatic rings. The Labute approximate surface area is 277 Å². The van der Waals surface area contributed by atoms with Gasteiger partial charge in [-0.1, -0.05) is 25.7 Å². The lowest BCUT2D eigenvalue weighted by molar-refractivity contribution is -0.265. The molecule has 47 heavy (non-hydrogen) atoms. The Balaban J connectivity index is 2.03. The SMILES string of the molecule is CC(C)(C)[S@@](=O)N[C@@H](COC(C)(C)C(F)(F)F)c1nc2cc([C@H](NC[C@H](N)CC(F)(F)F)C3CC3)ccc2n1COCC[Si](C)(C)C. The summed E-state index contributed by atoms with van der Waals surface area (Å²) in [5.41, 5.74) is 5.26. The fourth-order valence-electron chi connectivity index (χ4n) is 4.77. The Bertz CT molecular complexity index is 1350. The van der Waals surface area contributed by atoms with Crippen molar-refractivity contribution in [3.05, 3.63) is 29.6 Å². The number of nitrogens with one attached hydrogen (secondary N) is 2. The van der Waals surface area contributed by atoms with E-state index in [-0.39, 0.29) is 25.2 Å². The maximum Gasteiger partial charge on any atom is 0.416 e. The van der Waals surface area contributed by atoms with Crippen molar-refractivity contribution in [3.63, 3.8) is 0 Å². The molecule has 0 amide bonds. The highest BCUT2D eigenvalue weighted by atomic mass is 32.2. The summed E-state index contributed by atoms with van der Waals surface area (Å²) < 4.78 is 109. The van der Waals surface area contributed by atoms with Crippen LogP contribution in [0.4, 0.5) is 26.3 Å². The Morgan fingerprint density at radius 2 is 1.72 bits per heavy atom. The third-order valence-electron chi connectivity index (χ3n) is 7.98. The van der Waals surface area contributed by atoms with Crippen LogP contribution in [0.15, 0.2) is 18.2 Å². The average Bonchev–Trinajstić information content (AvgIpc) is 3.67. The summed E-state index contributed by atoms with van der Waals surface area (Å²) in [4.78, 5) is 4.84. The number of hydrogen-bond donors (Lipinski definition) is 3. The molecule has 8 nitrogen and oxygen atoms in total. The lowest BCUT2D eigenvalue weighted by Gasteiger charge is -2.31. The number of fused-ring (bicyclic) bond motifs is 1. The summed E-state index contributed by atoms with van der Waals surface area (Å²) in [7, 11) is -3.12. The summed E-state index contributed by atoms with van der Waals surface area (Å²) in [6.07, 6.45) is -8.30. The van der Waals surface area contributed by atoms with Gasteiger partial charge in [-0.2, -0.15) is 26.3 Å². The van der Waals surface area contributed by atoms with Gasteiger partial charge in [-0.3, -0.25) is 0 Å². The molecule has 0 unspecified atom stereocenters. The van der Waals surface area contributed by atoms with Crippen LogP contribution in [0.3, 0.4) is 0 Å². The van der Waals surface area contributed by atoms with Gasteiger partial charge in [0, 0.05) is 33.3 Å². The van der Waals surface area contributed by atoms with Gasteiger partial charge < -0.3 is 25.1 Å². The van der Waals surface area contributed by atoms with Crippen LogP contribution in [0, 0.1) is 5.92 Å². The van der Waals surface area contributed by atoms with E-state index in [2.05, 4.69) is 29.7 Å². The molecule has 4 N–H and O–H groups in total. The molecule has 1 saturated carbocycles. The molecule has 0 bridgehead atoms. The molecule has 3 rings (SSSR count). The molecule has 1 heterocycles.